The van der Waals surface area contributed by atoms with E-state index in [-0.39, 0.29) is 12.2 Å². The third-order valence-corrected chi connectivity index (χ3v) is 1.41. The molecule has 0 heterocycles. The lowest BCUT2D eigenvalue weighted by molar-refractivity contribution is -0.111. The molecular formula is C8H7ClO2. The van der Waals surface area contributed by atoms with Gasteiger partial charge in [0.1, 0.15) is 5.75 Å². The summed E-state index contributed by atoms with van der Waals surface area (Å²) in [6, 6.07) is 6.37. The zero-order valence-corrected chi connectivity index (χ0v) is 6.51. The molecule has 0 fully saturated rings. The van der Waals surface area contributed by atoms with Crippen LogP contribution in [0.15, 0.2) is 24.3 Å². The largest absolute Gasteiger partial charge is 0.508 e. The minimum absolute atomic E-state index is 0.191. The van der Waals surface area contributed by atoms with E-state index in [2.05, 4.69) is 0 Å². The van der Waals surface area contributed by atoms with Crippen LogP contribution < -0.4 is 0 Å². The highest BCUT2D eigenvalue weighted by molar-refractivity contribution is 6.63. The maximum atomic E-state index is 10.4. The zero-order chi connectivity index (χ0) is 8.27. The topological polar surface area (TPSA) is 37.3 Å². The second kappa shape index (κ2) is 3.39. The highest BCUT2D eigenvalue weighted by atomic mass is 35.5. The number of aromatic hydroxyl groups is 1. The van der Waals surface area contributed by atoms with Gasteiger partial charge in [-0.3, -0.25) is 4.79 Å². The fourth-order valence-electron chi connectivity index (χ4n) is 0.774. The van der Waals surface area contributed by atoms with Gasteiger partial charge in [-0.1, -0.05) is 12.1 Å². The molecule has 58 valence electrons. The maximum absolute atomic E-state index is 10.4. The predicted octanol–water partition coefficient (Wildman–Crippen LogP) is 1.70. The van der Waals surface area contributed by atoms with Crippen molar-refractivity contribution in [2.45, 2.75) is 6.42 Å². The molecule has 0 aromatic heterocycles. The lowest BCUT2D eigenvalue weighted by Crippen LogP contribution is -1.91. The molecule has 0 aliphatic heterocycles. The molecule has 0 aliphatic carbocycles. The van der Waals surface area contributed by atoms with Crippen molar-refractivity contribution in [1.82, 2.24) is 0 Å². The molecule has 1 aromatic rings. The van der Waals surface area contributed by atoms with Gasteiger partial charge in [0.25, 0.3) is 0 Å². The second-order valence-electron chi connectivity index (χ2n) is 2.20. The Hall–Kier alpha value is -1.02. The van der Waals surface area contributed by atoms with Crippen molar-refractivity contribution >= 4 is 16.8 Å². The van der Waals surface area contributed by atoms with Crippen LogP contribution in [0, 0.1) is 0 Å². The quantitative estimate of drug-likeness (QED) is 0.686. The number of carbonyl (C=O) groups excluding carboxylic acids is 1. The van der Waals surface area contributed by atoms with E-state index in [1.54, 1.807) is 12.1 Å². The van der Waals surface area contributed by atoms with Gasteiger partial charge in [-0.15, -0.1) is 0 Å². The molecule has 0 amide bonds. The minimum Gasteiger partial charge on any atom is -0.508 e. The Morgan fingerprint density at radius 1 is 1.36 bits per heavy atom. The molecule has 1 aromatic carbocycles. The number of halogens is 1. The predicted molar refractivity (Wildman–Crippen MR) is 42.7 cm³/mol. The van der Waals surface area contributed by atoms with E-state index < -0.39 is 5.24 Å². The number of carbonyl (C=O) groups is 1. The van der Waals surface area contributed by atoms with Crippen LogP contribution >= 0.6 is 11.6 Å². The SMILES string of the molecule is O=C(Cl)Cc1ccc(O)cc1. The molecular weight excluding hydrogens is 164 g/mol. The van der Waals surface area contributed by atoms with Gasteiger partial charge in [0.2, 0.25) is 5.24 Å². The summed E-state index contributed by atoms with van der Waals surface area (Å²) in [6.07, 6.45) is 0.210. The molecule has 2 nitrogen and oxygen atoms in total. The van der Waals surface area contributed by atoms with Crippen molar-refractivity contribution in [1.29, 1.82) is 0 Å². The first-order valence-corrected chi connectivity index (χ1v) is 3.52. The third-order valence-electron chi connectivity index (χ3n) is 1.28. The van der Waals surface area contributed by atoms with Crippen LogP contribution in [0.1, 0.15) is 5.56 Å². The van der Waals surface area contributed by atoms with Crippen LogP contribution in [0.2, 0.25) is 0 Å². The normalized spacial score (nSPS) is 9.55. The van der Waals surface area contributed by atoms with E-state index in [0.29, 0.717) is 0 Å². The molecule has 3 heteroatoms. The van der Waals surface area contributed by atoms with Crippen LogP contribution in [0.4, 0.5) is 0 Å². The average Bonchev–Trinajstić information content (AvgIpc) is 1.93. The van der Waals surface area contributed by atoms with E-state index in [1.807, 2.05) is 0 Å². The molecule has 0 spiro atoms. The summed E-state index contributed by atoms with van der Waals surface area (Å²) in [6.45, 7) is 0. The number of rotatable bonds is 2. The molecule has 1 N–H and O–H groups in total. The number of benzene rings is 1. The first-order valence-electron chi connectivity index (χ1n) is 3.15. The van der Waals surface area contributed by atoms with Gasteiger partial charge in [0.05, 0.1) is 0 Å². The molecule has 0 aliphatic rings. The Morgan fingerprint density at radius 3 is 2.36 bits per heavy atom. The Labute approximate surface area is 69.4 Å². The molecule has 0 atom stereocenters. The van der Waals surface area contributed by atoms with E-state index in [9.17, 15) is 4.79 Å². The van der Waals surface area contributed by atoms with Crippen molar-refractivity contribution in [3.05, 3.63) is 29.8 Å². The molecule has 0 saturated carbocycles. The van der Waals surface area contributed by atoms with Crippen molar-refractivity contribution in [3.8, 4) is 5.75 Å². The first-order chi connectivity index (χ1) is 5.18. The van der Waals surface area contributed by atoms with E-state index in [1.165, 1.54) is 12.1 Å². The minimum atomic E-state index is -0.393. The van der Waals surface area contributed by atoms with Crippen LogP contribution in [0.3, 0.4) is 0 Å². The fourth-order valence-corrected chi connectivity index (χ4v) is 0.929. The Balaban J connectivity index is 2.74. The monoisotopic (exact) mass is 170 g/mol. The van der Waals surface area contributed by atoms with Gasteiger partial charge in [0.15, 0.2) is 0 Å². The number of hydrogen-bond acceptors (Lipinski definition) is 2. The van der Waals surface area contributed by atoms with Gasteiger partial charge in [0, 0.05) is 6.42 Å². The molecule has 0 saturated heterocycles. The molecule has 11 heavy (non-hydrogen) atoms. The molecule has 1 rings (SSSR count). The zero-order valence-electron chi connectivity index (χ0n) is 5.75. The smallest absolute Gasteiger partial charge is 0.226 e. The summed E-state index contributed by atoms with van der Waals surface area (Å²) in [5.74, 6) is 0.191. The van der Waals surface area contributed by atoms with Crippen molar-refractivity contribution in [2.75, 3.05) is 0 Å². The van der Waals surface area contributed by atoms with E-state index >= 15 is 0 Å². The van der Waals surface area contributed by atoms with E-state index in [4.69, 9.17) is 16.7 Å². The summed E-state index contributed by atoms with van der Waals surface area (Å²) in [5.41, 5.74) is 0.808. The van der Waals surface area contributed by atoms with Gasteiger partial charge in [-0.2, -0.15) is 0 Å². The van der Waals surface area contributed by atoms with Gasteiger partial charge < -0.3 is 5.11 Å². The van der Waals surface area contributed by atoms with Gasteiger partial charge in [-0.25, -0.2) is 0 Å². The summed E-state index contributed by atoms with van der Waals surface area (Å²) in [5, 5.41) is 8.48. The second-order valence-corrected chi connectivity index (χ2v) is 2.62. The Bertz CT molecular complexity index is 253. The van der Waals surface area contributed by atoms with Gasteiger partial charge >= 0.3 is 0 Å². The molecule has 0 unspecified atom stereocenters. The summed E-state index contributed by atoms with van der Waals surface area (Å²) in [7, 11) is 0. The summed E-state index contributed by atoms with van der Waals surface area (Å²) >= 11 is 5.15. The van der Waals surface area contributed by atoms with Crippen LogP contribution in [0.25, 0.3) is 0 Å². The summed E-state index contributed by atoms with van der Waals surface area (Å²) < 4.78 is 0. The summed E-state index contributed by atoms with van der Waals surface area (Å²) in [4.78, 5) is 10.4. The van der Waals surface area contributed by atoms with Crippen LogP contribution in [-0.4, -0.2) is 10.3 Å². The molecule has 0 bridgehead atoms. The number of phenolic OH excluding ortho intramolecular Hbond substituents is 1. The first kappa shape index (κ1) is 8.08. The Kier molecular flexibility index (Phi) is 2.49. The average molecular weight is 171 g/mol. The Morgan fingerprint density at radius 2 is 1.91 bits per heavy atom. The lowest BCUT2D eigenvalue weighted by atomic mass is 10.2. The molecule has 0 radical (unpaired) electrons. The van der Waals surface area contributed by atoms with Crippen molar-refractivity contribution in [3.63, 3.8) is 0 Å². The highest BCUT2D eigenvalue weighted by Crippen LogP contribution is 2.10. The van der Waals surface area contributed by atoms with Crippen molar-refractivity contribution in [2.24, 2.45) is 0 Å². The van der Waals surface area contributed by atoms with Crippen molar-refractivity contribution < 1.29 is 9.90 Å². The van der Waals surface area contributed by atoms with Crippen LogP contribution in [-0.2, 0) is 11.2 Å². The maximum Gasteiger partial charge on any atom is 0.226 e. The number of hydrogen-bond donors (Lipinski definition) is 1. The highest BCUT2D eigenvalue weighted by Gasteiger charge is 1.98. The third kappa shape index (κ3) is 2.60. The fraction of sp³-hybridized carbons (Fsp3) is 0.125. The van der Waals surface area contributed by atoms with Gasteiger partial charge in [-0.05, 0) is 29.3 Å². The van der Waals surface area contributed by atoms with E-state index in [0.717, 1.165) is 5.56 Å². The van der Waals surface area contributed by atoms with Crippen LogP contribution in [0.5, 0.6) is 5.75 Å². The lowest BCUT2D eigenvalue weighted by Gasteiger charge is -1.95. The number of phenols is 1. The standard InChI is InChI=1S/C8H7ClO2/c9-8(11)5-6-1-3-7(10)4-2-6/h1-4,10H,5H2.